The van der Waals surface area contributed by atoms with Gasteiger partial charge in [-0.1, -0.05) is 66.2 Å². The molecule has 4 rings (SSSR count). The fourth-order valence-electron chi connectivity index (χ4n) is 10.1. The summed E-state index contributed by atoms with van der Waals surface area (Å²) >= 11 is 0. The quantitative estimate of drug-likeness (QED) is 0.0128. The number of fused-ring (bicyclic) bond motifs is 1. The van der Waals surface area contributed by atoms with Gasteiger partial charge in [0.1, 0.15) is 60.2 Å². The predicted molar refractivity (Wildman–Crippen MR) is 353 cm³/mol. The molecule has 0 aliphatic carbocycles. The van der Waals surface area contributed by atoms with Gasteiger partial charge in [-0.2, -0.15) is 5.26 Å². The van der Waals surface area contributed by atoms with Crippen LogP contribution in [0.2, 0.25) is 0 Å². The van der Waals surface area contributed by atoms with E-state index in [0.717, 1.165) is 18.2 Å². The third kappa shape index (κ3) is 25.6. The van der Waals surface area contributed by atoms with Gasteiger partial charge < -0.3 is 90.8 Å². The lowest BCUT2D eigenvalue weighted by atomic mass is 9.94. The van der Waals surface area contributed by atoms with E-state index in [1.54, 1.807) is 62.0 Å². The molecule has 2 aromatic heterocycles. The van der Waals surface area contributed by atoms with Crippen LogP contribution in [-0.2, 0) is 72.6 Å². The number of primary amides is 2. The molecule has 33 heteroatoms. The van der Waals surface area contributed by atoms with E-state index in [-0.39, 0.29) is 68.4 Å². The van der Waals surface area contributed by atoms with E-state index in [4.69, 9.17) is 22.9 Å². The Morgan fingerprint density at radius 1 is 0.691 bits per heavy atom. The number of para-hydroxylation sites is 1. The number of amides is 12. The summed E-state index contributed by atoms with van der Waals surface area (Å²) in [4.78, 5) is 174. The van der Waals surface area contributed by atoms with E-state index < -0.39 is 169 Å². The normalized spacial score (nSPS) is 14.2. The maximum atomic E-state index is 14.5. The number of hydrogen-bond acceptors (Lipinski definition) is 16. The highest BCUT2D eigenvalue weighted by Gasteiger charge is 2.35. The van der Waals surface area contributed by atoms with Crippen molar-refractivity contribution in [1.82, 2.24) is 67.7 Å². The molecule has 0 saturated carbocycles. The van der Waals surface area contributed by atoms with Crippen molar-refractivity contribution < 1.29 is 67.0 Å². The van der Waals surface area contributed by atoms with E-state index in [2.05, 4.69) is 68.1 Å². The Morgan fingerprint density at radius 2 is 1.31 bits per heavy atom. The van der Waals surface area contributed by atoms with Crippen molar-refractivity contribution in [3.63, 3.8) is 0 Å². The molecule has 12 amide bonds. The van der Waals surface area contributed by atoms with Gasteiger partial charge in [-0.25, -0.2) is 9.37 Å². The van der Waals surface area contributed by atoms with Crippen LogP contribution in [0.1, 0.15) is 127 Å². The van der Waals surface area contributed by atoms with Crippen LogP contribution in [0.15, 0.2) is 66.2 Å². The van der Waals surface area contributed by atoms with Crippen molar-refractivity contribution in [3.8, 4) is 6.07 Å². The van der Waals surface area contributed by atoms with E-state index in [9.17, 15) is 72.3 Å². The predicted octanol–water partition coefficient (Wildman–Crippen LogP) is -2.16. The molecule has 2 aromatic carbocycles. The lowest BCUT2D eigenvalue weighted by molar-refractivity contribution is -0.136. The number of hydrogen-bond donors (Lipinski definition) is 16. The van der Waals surface area contributed by atoms with Gasteiger partial charge in [0.05, 0.1) is 25.0 Å². The first-order valence-electron chi connectivity index (χ1n) is 31.8. The highest BCUT2D eigenvalue weighted by molar-refractivity contribution is 6.00. The smallest absolute Gasteiger partial charge is 0.251 e. The van der Waals surface area contributed by atoms with E-state index in [0.29, 0.717) is 35.0 Å². The number of aryl methyl sites for hydroxylation is 1. The summed E-state index contributed by atoms with van der Waals surface area (Å²) in [6.45, 7) is 10.3. The van der Waals surface area contributed by atoms with Crippen LogP contribution >= 0.6 is 0 Å². The van der Waals surface area contributed by atoms with Gasteiger partial charge in [0.25, 0.3) is 5.91 Å². The number of aromatic amines is 1. The molecule has 4 aromatic rings. The Labute approximate surface area is 560 Å². The van der Waals surface area contributed by atoms with Gasteiger partial charge in [-0.05, 0) is 86.6 Å². The number of benzene rings is 2. The van der Waals surface area contributed by atoms with Crippen molar-refractivity contribution >= 4 is 87.7 Å². The zero-order valence-electron chi connectivity index (χ0n) is 55.7. The Kier molecular flexibility index (Phi) is 31.5. The molecular formula is C64H92FN19O13. The minimum atomic E-state index is -1.83. The zero-order chi connectivity index (χ0) is 72.2. The van der Waals surface area contributed by atoms with Crippen LogP contribution in [-0.4, -0.2) is 171 Å². The van der Waals surface area contributed by atoms with Crippen LogP contribution in [0.5, 0.6) is 0 Å². The average Bonchev–Trinajstić information content (AvgIpc) is 1.73. The molecule has 1 unspecified atom stereocenters. The monoisotopic (exact) mass is 1350 g/mol. The Bertz CT molecular complexity index is 3510. The molecule has 32 nitrogen and oxygen atoms in total. The summed E-state index contributed by atoms with van der Waals surface area (Å²) in [6, 6.07) is -0.373. The summed E-state index contributed by atoms with van der Waals surface area (Å²) in [5, 5.41) is 46.1. The molecule has 97 heavy (non-hydrogen) atoms. The maximum absolute atomic E-state index is 14.5. The number of aliphatic hydroxyl groups is 1. The second-order valence-electron chi connectivity index (χ2n) is 24.4. The SMILES string of the molecule is CCC(C)[C@@H](CCC(=O)N[C@@H](CC(C)C)C(N)=O)NC(=O)[C@H](Cc1cncn1C)NC(=O)CNC(=O)[C@@H](NC(=O)[C@H](C)NC(=O)[C@H](Cc1c[nH]c2ccccc12)NC(=O)[C@H](CCC(N)=O)NC(=O)[C@H](CO)NC(=O)[C@H](CCCN=C(N)N)NC(=O)c1ccc([18F])c(C#N)c1)C(C)C. The van der Waals surface area contributed by atoms with Gasteiger partial charge in [-0.3, -0.25) is 62.5 Å². The molecule has 0 bridgehead atoms. The number of nitriles is 1. The first-order chi connectivity index (χ1) is 45.8. The largest absolute Gasteiger partial charge is 0.394 e. The minimum Gasteiger partial charge on any atom is -0.394 e. The number of nitrogens with one attached hydrogen (secondary N) is 11. The van der Waals surface area contributed by atoms with E-state index >= 15 is 0 Å². The molecular weight excluding hydrogens is 1260 g/mol. The summed E-state index contributed by atoms with van der Waals surface area (Å²) in [5.41, 5.74) is 23.0. The number of carbonyl (C=O) groups is 12. The van der Waals surface area contributed by atoms with Crippen molar-refractivity contribution in [2.75, 3.05) is 19.7 Å². The number of nitrogens with zero attached hydrogens (tertiary/aromatic N) is 4. The van der Waals surface area contributed by atoms with Gasteiger partial charge >= 0.3 is 0 Å². The molecule has 0 aliphatic heterocycles. The zero-order valence-corrected chi connectivity index (χ0v) is 55.7. The molecule has 0 aliphatic rings. The van der Waals surface area contributed by atoms with Gasteiger partial charge in [0.15, 0.2) is 5.96 Å². The first kappa shape index (κ1) is 78.9. The van der Waals surface area contributed by atoms with Crippen molar-refractivity contribution in [2.24, 2.45) is 52.7 Å². The molecule has 20 N–H and O–H groups in total. The summed E-state index contributed by atoms with van der Waals surface area (Å²) in [6.07, 6.45) is 4.39. The highest BCUT2D eigenvalue weighted by Crippen LogP contribution is 2.21. The van der Waals surface area contributed by atoms with Crippen LogP contribution in [0.3, 0.4) is 0 Å². The Morgan fingerprint density at radius 3 is 1.92 bits per heavy atom. The number of nitrogens with two attached hydrogens (primary N) is 4. The molecule has 2 heterocycles. The van der Waals surface area contributed by atoms with Crippen molar-refractivity contribution in [1.29, 1.82) is 5.26 Å². The second-order valence-corrected chi connectivity index (χ2v) is 24.4. The third-order valence-electron chi connectivity index (χ3n) is 15.9. The van der Waals surface area contributed by atoms with Crippen LogP contribution in [0.25, 0.3) is 10.9 Å². The topological polar surface area (TPSA) is 519 Å². The molecule has 528 valence electrons. The number of aromatic nitrogens is 3. The third-order valence-corrected chi connectivity index (χ3v) is 15.9. The molecule has 0 spiro atoms. The fourth-order valence-corrected chi connectivity index (χ4v) is 10.1. The minimum absolute atomic E-state index is 0.0111. The van der Waals surface area contributed by atoms with Gasteiger partial charge in [0.2, 0.25) is 65.0 Å². The molecule has 0 radical (unpaired) electrons. The highest BCUT2D eigenvalue weighted by atomic mass is 18.2. The van der Waals surface area contributed by atoms with Gasteiger partial charge in [-0.15, -0.1) is 0 Å². The van der Waals surface area contributed by atoms with Crippen LogP contribution in [0, 0.1) is 34.9 Å². The summed E-state index contributed by atoms with van der Waals surface area (Å²) in [7, 11) is 1.70. The first-order valence-corrected chi connectivity index (χ1v) is 31.8. The number of aliphatic imine (C=N–C) groups is 1. The molecule has 0 fully saturated rings. The van der Waals surface area contributed by atoms with Gasteiger partial charge in [0, 0.05) is 79.9 Å². The van der Waals surface area contributed by atoms with Crippen LogP contribution < -0.4 is 76.1 Å². The Balaban J connectivity index is 1.50. The lowest BCUT2D eigenvalue weighted by Gasteiger charge is -2.28. The van der Waals surface area contributed by atoms with E-state index in [1.165, 1.54) is 19.4 Å². The summed E-state index contributed by atoms with van der Waals surface area (Å²) in [5.74, 6) is -12.0. The summed E-state index contributed by atoms with van der Waals surface area (Å²) < 4.78 is 15.8. The fraction of sp³-hybridized carbons (Fsp3) is 0.516. The molecule has 10 atom stereocenters. The second kappa shape index (κ2) is 38.7. The Hall–Kier alpha value is -10.5. The van der Waals surface area contributed by atoms with Crippen molar-refractivity contribution in [3.05, 3.63) is 89.4 Å². The lowest BCUT2D eigenvalue weighted by Crippen LogP contribution is -2.60. The molecule has 0 saturated heterocycles. The number of guanidine groups is 1. The number of aliphatic hydroxyl groups excluding tert-OH is 1. The number of rotatable bonds is 40. The number of carbonyl (C=O) groups excluding carboxylic acids is 12. The average molecular weight is 1350 g/mol. The van der Waals surface area contributed by atoms with E-state index in [1.807, 2.05) is 27.7 Å². The van der Waals surface area contributed by atoms with Crippen molar-refractivity contribution in [2.45, 2.75) is 167 Å². The number of halogens is 1. The van der Waals surface area contributed by atoms with Crippen LogP contribution in [0.4, 0.5) is 4.39 Å². The number of H-pyrrole nitrogens is 1. The maximum Gasteiger partial charge on any atom is 0.251 e. The number of imidazole rings is 1. The standard InChI is InChI=1S/C64H92FN19O13/c1-9-35(6)43(19-21-52(87)76-47(55(68)89)23-33(2)3)78-61(95)49(26-40-29-71-32-84(40)8)77-53(88)30-74-63(97)54(34(4)5)83-56(90)36(7)75-60(94)48(25-39-28-73-44-14-11-10-13-41(39)44)81-59(93)46(18-20-51(67)86)80-62(96)50(31-85)82-58(92)45(15-12-22-72-64(69)70)79-57(91)37-16-17-42(65)38(24-37)27-66/h10-11,13-14,16-17,24,28-29,32-36,43,45-50,54,73,85H,9,12,15,18-23,25-26,30-31H2,1-8H3,(H2,67,86)(H2,68,89)(H,74,97)(H,75,94)(H,76,87)(H,77,88)(H,78,95)(H,79,91)(H,80,96)(H,81,93)(H,82,92)(H,83,90)(H4,69,70,72)/t35?,36-,43+,45-,46-,47-,48-,49-,50-,54-/m0/s1/i65-1.